The predicted octanol–water partition coefficient (Wildman–Crippen LogP) is 3.62. The van der Waals surface area contributed by atoms with Gasteiger partial charge < -0.3 is 5.11 Å². The van der Waals surface area contributed by atoms with Crippen molar-refractivity contribution in [3.63, 3.8) is 0 Å². The topological polar surface area (TPSA) is 139 Å². The van der Waals surface area contributed by atoms with Crippen LogP contribution < -0.4 is 4.90 Å². The van der Waals surface area contributed by atoms with E-state index in [4.69, 9.17) is 0 Å². The summed E-state index contributed by atoms with van der Waals surface area (Å²) in [6, 6.07) is 9.59. The van der Waals surface area contributed by atoms with Crippen LogP contribution in [0.15, 0.2) is 72.8 Å². The molecule has 1 unspecified atom stereocenters. The van der Waals surface area contributed by atoms with E-state index >= 15 is 0 Å². The molecule has 3 aromatic heterocycles. The summed E-state index contributed by atoms with van der Waals surface area (Å²) >= 11 is 1.04. The average molecular weight is 459 g/mol. The number of benzene rings is 1. The first kappa shape index (κ1) is 20.4. The van der Waals surface area contributed by atoms with Crippen molar-refractivity contribution in [2.75, 3.05) is 4.90 Å². The lowest BCUT2D eigenvalue weighted by molar-refractivity contribution is -0.384. The van der Waals surface area contributed by atoms with Crippen LogP contribution in [0, 0.1) is 10.1 Å². The van der Waals surface area contributed by atoms with Crippen molar-refractivity contribution in [2.45, 2.75) is 6.04 Å². The number of aliphatic hydroxyl groups excluding tert-OH is 1. The number of fused-ring (bicyclic) bond motifs is 1. The molecule has 0 aliphatic carbocycles. The molecule has 11 heteroatoms. The quantitative estimate of drug-likeness (QED) is 0.160. The summed E-state index contributed by atoms with van der Waals surface area (Å²) in [5.41, 5.74) is 1.06. The second kappa shape index (κ2) is 7.88. The second-order valence-corrected chi connectivity index (χ2v) is 8.11. The summed E-state index contributed by atoms with van der Waals surface area (Å²) in [4.78, 5) is 50.5. The molecule has 4 aromatic rings. The van der Waals surface area contributed by atoms with Crippen LogP contribution in [0.2, 0.25) is 0 Å². The maximum Gasteiger partial charge on any atom is 0.301 e. The number of amides is 1. The van der Waals surface area contributed by atoms with E-state index in [9.17, 15) is 24.8 Å². The highest BCUT2D eigenvalue weighted by Crippen LogP contribution is 2.44. The third-order valence-electron chi connectivity index (χ3n) is 5.18. The smallest absolute Gasteiger partial charge is 0.301 e. The van der Waals surface area contributed by atoms with Crippen LogP contribution in [0.5, 0.6) is 0 Å². The van der Waals surface area contributed by atoms with Crippen LogP contribution >= 0.6 is 11.3 Å². The van der Waals surface area contributed by atoms with Gasteiger partial charge in [-0.3, -0.25) is 34.6 Å². The van der Waals surface area contributed by atoms with Gasteiger partial charge in [0, 0.05) is 42.5 Å². The highest BCUT2D eigenvalue weighted by Gasteiger charge is 2.48. The van der Waals surface area contributed by atoms with Crippen LogP contribution in [0.4, 0.5) is 10.8 Å². The van der Waals surface area contributed by atoms with Gasteiger partial charge in [-0.25, -0.2) is 4.98 Å². The fourth-order valence-electron chi connectivity index (χ4n) is 3.67. The number of non-ortho nitro benzene ring substituents is 1. The molecule has 1 amide bonds. The van der Waals surface area contributed by atoms with Gasteiger partial charge in [0.1, 0.15) is 5.76 Å². The van der Waals surface area contributed by atoms with Gasteiger partial charge in [-0.2, -0.15) is 0 Å². The maximum absolute atomic E-state index is 13.1. The monoisotopic (exact) mass is 459 g/mol. The first-order valence-electron chi connectivity index (χ1n) is 9.62. The molecule has 1 aliphatic rings. The third kappa shape index (κ3) is 3.40. The van der Waals surface area contributed by atoms with Gasteiger partial charge in [-0.05, 0) is 29.8 Å². The number of rotatable bonds is 4. The largest absolute Gasteiger partial charge is 0.507 e. The van der Waals surface area contributed by atoms with Gasteiger partial charge in [-0.15, -0.1) is 0 Å². The zero-order valence-corrected chi connectivity index (χ0v) is 17.5. The van der Waals surface area contributed by atoms with Crippen molar-refractivity contribution >= 4 is 49.8 Å². The van der Waals surface area contributed by atoms with E-state index in [1.54, 1.807) is 18.3 Å². The van der Waals surface area contributed by atoms with Gasteiger partial charge in [0.25, 0.3) is 11.5 Å². The van der Waals surface area contributed by atoms with E-state index in [2.05, 4.69) is 15.0 Å². The van der Waals surface area contributed by atoms with Crippen LogP contribution in [-0.4, -0.2) is 36.7 Å². The number of hydrogen-bond acceptors (Lipinski definition) is 9. The zero-order valence-electron chi connectivity index (χ0n) is 16.7. The highest BCUT2D eigenvalue weighted by molar-refractivity contribution is 7.22. The summed E-state index contributed by atoms with van der Waals surface area (Å²) in [5.74, 6) is -2.08. The van der Waals surface area contributed by atoms with E-state index in [0.717, 1.165) is 11.3 Å². The lowest BCUT2D eigenvalue weighted by atomic mass is 9.97. The number of thiazole rings is 1. The Kier molecular flexibility index (Phi) is 4.87. The number of pyridine rings is 2. The fourth-order valence-corrected chi connectivity index (χ4v) is 4.69. The van der Waals surface area contributed by atoms with Crippen molar-refractivity contribution in [2.24, 2.45) is 0 Å². The SMILES string of the molecule is O=C1C(=O)N(c2nc3ccc([N+](=O)[O-])cc3s2)C(c2cccnc2)/C1=C(\O)c1ccncc1. The van der Waals surface area contributed by atoms with Gasteiger partial charge in [-0.1, -0.05) is 17.4 Å². The maximum atomic E-state index is 13.1. The van der Waals surface area contributed by atoms with E-state index in [1.807, 2.05) is 0 Å². The van der Waals surface area contributed by atoms with Crippen molar-refractivity contribution in [3.05, 3.63) is 94.1 Å². The highest BCUT2D eigenvalue weighted by atomic mass is 32.1. The van der Waals surface area contributed by atoms with Crippen molar-refractivity contribution in [3.8, 4) is 0 Å². The third-order valence-corrected chi connectivity index (χ3v) is 6.19. The van der Waals surface area contributed by atoms with Crippen LogP contribution in [-0.2, 0) is 9.59 Å². The second-order valence-electron chi connectivity index (χ2n) is 7.10. The molecule has 1 atom stereocenters. The Morgan fingerprint density at radius 2 is 1.88 bits per heavy atom. The van der Waals surface area contributed by atoms with Gasteiger partial charge >= 0.3 is 5.91 Å². The van der Waals surface area contributed by atoms with Crippen molar-refractivity contribution in [1.29, 1.82) is 0 Å². The summed E-state index contributed by atoms with van der Waals surface area (Å²) in [6.45, 7) is 0. The summed E-state index contributed by atoms with van der Waals surface area (Å²) in [5, 5.41) is 22.3. The number of nitro groups is 1. The summed E-state index contributed by atoms with van der Waals surface area (Å²) < 4.78 is 0.486. The van der Waals surface area contributed by atoms with Crippen LogP contribution in [0.1, 0.15) is 17.2 Å². The number of nitro benzene ring substituents is 1. The molecule has 4 heterocycles. The number of Topliss-reactive ketones (excluding diaryl/α,β-unsaturated/α-hetero) is 1. The van der Waals surface area contributed by atoms with E-state index in [-0.39, 0.29) is 22.2 Å². The molecular formula is C22H13N5O5S. The van der Waals surface area contributed by atoms with Crippen LogP contribution in [0.3, 0.4) is 0 Å². The summed E-state index contributed by atoms with van der Waals surface area (Å²) in [6.07, 6.45) is 5.98. The van der Waals surface area contributed by atoms with Crippen molar-refractivity contribution in [1.82, 2.24) is 15.0 Å². The average Bonchev–Trinajstić information content (AvgIpc) is 3.37. The minimum atomic E-state index is -0.984. The Bertz CT molecular complexity index is 1450. The van der Waals surface area contributed by atoms with E-state index in [0.29, 0.717) is 21.3 Å². The first-order chi connectivity index (χ1) is 16.0. The summed E-state index contributed by atoms with van der Waals surface area (Å²) in [7, 11) is 0. The molecule has 1 aromatic carbocycles. The number of ketones is 1. The van der Waals surface area contributed by atoms with Crippen LogP contribution in [0.25, 0.3) is 16.0 Å². The molecule has 5 rings (SSSR count). The molecule has 33 heavy (non-hydrogen) atoms. The number of carbonyl (C=O) groups is 2. The van der Waals surface area contributed by atoms with Gasteiger partial charge in [0.05, 0.1) is 26.8 Å². The Balaban J connectivity index is 1.71. The predicted molar refractivity (Wildman–Crippen MR) is 120 cm³/mol. The molecule has 0 bridgehead atoms. The van der Waals surface area contributed by atoms with E-state index in [1.165, 1.54) is 53.8 Å². The number of nitrogens with zero attached hydrogens (tertiary/aromatic N) is 5. The number of anilines is 1. The molecule has 10 nitrogen and oxygen atoms in total. The Morgan fingerprint density at radius 1 is 1.09 bits per heavy atom. The molecule has 162 valence electrons. The van der Waals surface area contributed by atoms with Gasteiger partial charge in [0.2, 0.25) is 0 Å². The fraction of sp³-hybridized carbons (Fsp3) is 0.0455. The number of hydrogen-bond donors (Lipinski definition) is 1. The standard InChI is InChI=1S/C22H13N5O5S/c28-19(12-5-8-23-9-6-12)17-18(13-2-1-7-24-11-13)26(21(30)20(17)29)22-25-15-4-3-14(27(31)32)10-16(15)33-22/h1-11,18,28H/b19-17+. The molecule has 1 fully saturated rings. The zero-order chi connectivity index (χ0) is 23.1. The minimum Gasteiger partial charge on any atom is -0.507 e. The molecule has 0 spiro atoms. The Morgan fingerprint density at radius 3 is 2.58 bits per heavy atom. The van der Waals surface area contributed by atoms with Crippen molar-refractivity contribution < 1.29 is 19.6 Å². The molecule has 1 saturated heterocycles. The Hall–Kier alpha value is -4.51. The molecule has 1 aliphatic heterocycles. The first-order valence-corrected chi connectivity index (χ1v) is 10.4. The number of aliphatic hydroxyl groups is 1. The minimum absolute atomic E-state index is 0.107. The number of carbonyl (C=O) groups excluding carboxylic acids is 2. The molecule has 0 radical (unpaired) electrons. The normalized spacial score (nSPS) is 17.6. The molecule has 0 saturated carbocycles. The molecular weight excluding hydrogens is 446 g/mol. The lowest BCUT2D eigenvalue weighted by Crippen LogP contribution is -2.29. The Labute approximate surface area is 189 Å². The lowest BCUT2D eigenvalue weighted by Gasteiger charge is -2.22. The van der Waals surface area contributed by atoms with E-state index < -0.39 is 22.7 Å². The molecule has 1 N–H and O–H groups in total. The van der Waals surface area contributed by atoms with Gasteiger partial charge in [0.15, 0.2) is 5.13 Å². The number of aromatic nitrogens is 3.